The Morgan fingerprint density at radius 2 is 2.20 bits per heavy atom. The molecule has 1 unspecified atom stereocenters. The van der Waals surface area contributed by atoms with E-state index in [1.54, 1.807) is 0 Å². The van der Waals surface area contributed by atoms with Gasteiger partial charge >= 0.3 is 12.0 Å². The van der Waals surface area contributed by atoms with Crippen LogP contribution in [0.3, 0.4) is 0 Å². The molecule has 9 nitrogen and oxygen atoms in total. The van der Waals surface area contributed by atoms with E-state index in [1.165, 1.54) is 12.0 Å². The van der Waals surface area contributed by atoms with Gasteiger partial charge in [-0.25, -0.2) is 9.59 Å². The fourth-order valence-corrected chi connectivity index (χ4v) is 2.07. The summed E-state index contributed by atoms with van der Waals surface area (Å²) >= 11 is 0. The van der Waals surface area contributed by atoms with Gasteiger partial charge in [0.25, 0.3) is 5.91 Å². The maximum absolute atomic E-state index is 12.2. The minimum Gasteiger partial charge on any atom is -0.467 e. The Morgan fingerprint density at radius 1 is 1.45 bits per heavy atom. The van der Waals surface area contributed by atoms with E-state index in [1.807, 2.05) is 0 Å². The van der Waals surface area contributed by atoms with Crippen LogP contribution in [0.1, 0.15) is 0 Å². The Balaban J connectivity index is 2.04. The fourth-order valence-electron chi connectivity index (χ4n) is 2.07. The summed E-state index contributed by atoms with van der Waals surface area (Å²) in [7, 11) is 1.22. The first kappa shape index (κ1) is 14.3. The van der Waals surface area contributed by atoms with E-state index < -0.39 is 36.4 Å². The van der Waals surface area contributed by atoms with Crippen molar-refractivity contribution < 1.29 is 28.7 Å². The molecule has 9 heteroatoms. The number of carbonyl (C=O) groups is 4. The van der Waals surface area contributed by atoms with Gasteiger partial charge in [0.2, 0.25) is 5.91 Å². The van der Waals surface area contributed by atoms with E-state index >= 15 is 0 Å². The van der Waals surface area contributed by atoms with Crippen LogP contribution in [0.25, 0.3) is 0 Å². The van der Waals surface area contributed by atoms with Crippen molar-refractivity contribution in [2.75, 3.05) is 40.0 Å². The summed E-state index contributed by atoms with van der Waals surface area (Å²) in [5, 5.41) is 2.32. The smallest absolute Gasteiger partial charge is 0.331 e. The minimum atomic E-state index is -0.845. The van der Waals surface area contributed by atoms with Crippen LogP contribution in [0, 0.1) is 0 Å². The highest BCUT2D eigenvalue weighted by Gasteiger charge is 2.37. The molecule has 20 heavy (non-hydrogen) atoms. The third-order valence-electron chi connectivity index (χ3n) is 3.15. The van der Waals surface area contributed by atoms with Crippen molar-refractivity contribution in [1.29, 1.82) is 0 Å². The van der Waals surface area contributed by atoms with Gasteiger partial charge in [0, 0.05) is 6.54 Å². The number of urea groups is 1. The molecule has 2 aliphatic rings. The molecule has 4 amide bonds. The summed E-state index contributed by atoms with van der Waals surface area (Å²) in [6.45, 7) is 0.0357. The molecule has 1 N–H and O–H groups in total. The highest BCUT2D eigenvalue weighted by atomic mass is 16.5. The largest absolute Gasteiger partial charge is 0.467 e. The van der Waals surface area contributed by atoms with Crippen molar-refractivity contribution in [2.45, 2.75) is 6.04 Å². The number of amides is 4. The van der Waals surface area contributed by atoms with Gasteiger partial charge in [-0.3, -0.25) is 14.5 Å². The van der Waals surface area contributed by atoms with E-state index in [4.69, 9.17) is 4.74 Å². The highest BCUT2D eigenvalue weighted by molar-refractivity contribution is 6.04. The zero-order valence-electron chi connectivity index (χ0n) is 11.0. The fraction of sp³-hybridized carbons (Fsp3) is 0.636. The van der Waals surface area contributed by atoms with Crippen molar-refractivity contribution in [1.82, 2.24) is 15.1 Å². The number of nitrogens with zero attached hydrogens (tertiary/aromatic N) is 2. The lowest BCUT2D eigenvalue weighted by Crippen LogP contribution is -2.55. The SMILES string of the molecule is COC(=O)C1COCCN1C(=O)CN1C(=O)CNC1=O. The topological polar surface area (TPSA) is 105 Å². The van der Waals surface area contributed by atoms with Gasteiger partial charge in [-0.15, -0.1) is 0 Å². The van der Waals surface area contributed by atoms with Gasteiger partial charge in [0.05, 0.1) is 26.9 Å². The lowest BCUT2D eigenvalue weighted by molar-refractivity contribution is -0.161. The zero-order valence-corrected chi connectivity index (χ0v) is 11.0. The number of esters is 1. The molecule has 0 aromatic carbocycles. The standard InChI is InChI=1S/C11H15N3O6/c1-19-10(17)7-6-20-3-2-13(7)9(16)5-14-8(15)4-12-11(14)18/h7H,2-6H2,1H3,(H,12,18). The monoisotopic (exact) mass is 285 g/mol. The predicted molar refractivity (Wildman–Crippen MR) is 63.4 cm³/mol. The van der Waals surface area contributed by atoms with E-state index in [0.29, 0.717) is 6.61 Å². The Kier molecular flexibility index (Phi) is 4.18. The second-order valence-electron chi connectivity index (χ2n) is 4.34. The van der Waals surface area contributed by atoms with Gasteiger partial charge in [0.15, 0.2) is 6.04 Å². The number of methoxy groups -OCH3 is 1. The molecule has 110 valence electrons. The molecule has 2 fully saturated rings. The first-order valence-corrected chi connectivity index (χ1v) is 6.08. The molecule has 0 aliphatic carbocycles. The van der Waals surface area contributed by atoms with Crippen LogP contribution in [-0.4, -0.2) is 79.6 Å². The third kappa shape index (κ3) is 2.72. The summed E-state index contributed by atoms with van der Waals surface area (Å²) in [6, 6.07) is -1.45. The zero-order chi connectivity index (χ0) is 14.7. The second-order valence-corrected chi connectivity index (χ2v) is 4.34. The van der Waals surface area contributed by atoms with Crippen molar-refractivity contribution >= 4 is 23.8 Å². The lowest BCUT2D eigenvalue weighted by Gasteiger charge is -2.34. The molecular formula is C11H15N3O6. The van der Waals surface area contributed by atoms with Gasteiger partial charge in [0.1, 0.15) is 6.54 Å². The van der Waals surface area contributed by atoms with Crippen LogP contribution >= 0.6 is 0 Å². The number of imide groups is 1. The van der Waals surface area contributed by atoms with E-state index in [2.05, 4.69) is 10.1 Å². The summed E-state index contributed by atoms with van der Waals surface area (Å²) in [5.41, 5.74) is 0. The predicted octanol–water partition coefficient (Wildman–Crippen LogP) is -2.06. The third-order valence-corrected chi connectivity index (χ3v) is 3.15. The normalized spacial score (nSPS) is 22.8. The summed E-state index contributed by atoms with van der Waals surface area (Å²) < 4.78 is 9.75. The average molecular weight is 285 g/mol. The van der Waals surface area contributed by atoms with Crippen molar-refractivity contribution in [2.24, 2.45) is 0 Å². The van der Waals surface area contributed by atoms with Crippen LogP contribution in [0.15, 0.2) is 0 Å². The molecule has 2 saturated heterocycles. The number of ether oxygens (including phenoxy) is 2. The Morgan fingerprint density at radius 3 is 2.80 bits per heavy atom. The van der Waals surface area contributed by atoms with Crippen LogP contribution in [0.5, 0.6) is 0 Å². The summed E-state index contributed by atoms with van der Waals surface area (Å²) in [6.07, 6.45) is 0. The summed E-state index contributed by atoms with van der Waals surface area (Å²) in [5.74, 6) is -1.55. The van der Waals surface area contributed by atoms with Crippen molar-refractivity contribution in [3.63, 3.8) is 0 Å². The molecule has 0 bridgehead atoms. The van der Waals surface area contributed by atoms with Crippen LogP contribution in [0.2, 0.25) is 0 Å². The van der Waals surface area contributed by atoms with Crippen LogP contribution in [0.4, 0.5) is 4.79 Å². The minimum absolute atomic E-state index is 0.0402. The van der Waals surface area contributed by atoms with E-state index in [-0.39, 0.29) is 19.7 Å². The molecule has 0 spiro atoms. The quantitative estimate of drug-likeness (QED) is 0.472. The highest BCUT2D eigenvalue weighted by Crippen LogP contribution is 2.10. The number of hydrogen-bond acceptors (Lipinski definition) is 6. The van der Waals surface area contributed by atoms with Crippen molar-refractivity contribution in [3.05, 3.63) is 0 Å². The maximum atomic E-state index is 12.2. The summed E-state index contributed by atoms with van der Waals surface area (Å²) in [4.78, 5) is 48.7. The molecule has 2 rings (SSSR count). The molecule has 0 aromatic heterocycles. The second kappa shape index (κ2) is 5.87. The average Bonchev–Trinajstić information content (AvgIpc) is 2.78. The molecule has 2 heterocycles. The maximum Gasteiger partial charge on any atom is 0.331 e. The van der Waals surface area contributed by atoms with Gasteiger partial charge in [-0.2, -0.15) is 0 Å². The molecule has 0 radical (unpaired) electrons. The van der Waals surface area contributed by atoms with Gasteiger partial charge < -0.3 is 19.7 Å². The van der Waals surface area contributed by atoms with Gasteiger partial charge in [-0.1, -0.05) is 0 Å². The van der Waals surface area contributed by atoms with Crippen LogP contribution in [-0.2, 0) is 23.9 Å². The van der Waals surface area contributed by atoms with Crippen molar-refractivity contribution in [3.8, 4) is 0 Å². The molecule has 0 aromatic rings. The van der Waals surface area contributed by atoms with E-state index in [9.17, 15) is 19.2 Å². The Hall–Kier alpha value is -2.16. The molecular weight excluding hydrogens is 270 g/mol. The molecule has 2 aliphatic heterocycles. The molecule has 1 atom stereocenters. The Labute approximate surface area is 114 Å². The molecule has 0 saturated carbocycles. The van der Waals surface area contributed by atoms with E-state index in [0.717, 1.165) is 4.90 Å². The number of hydrogen-bond donors (Lipinski definition) is 1. The number of carbonyl (C=O) groups excluding carboxylic acids is 4. The van der Waals surface area contributed by atoms with Gasteiger partial charge in [-0.05, 0) is 0 Å². The van der Waals surface area contributed by atoms with Crippen LogP contribution < -0.4 is 5.32 Å². The Bertz CT molecular complexity index is 435. The first-order valence-electron chi connectivity index (χ1n) is 6.08. The number of morpholine rings is 1. The number of rotatable bonds is 3. The lowest BCUT2D eigenvalue weighted by atomic mass is 10.2. The number of nitrogens with one attached hydrogen (secondary N) is 1. The first-order chi connectivity index (χ1) is 9.54.